The summed E-state index contributed by atoms with van der Waals surface area (Å²) < 4.78 is 47.7. The highest BCUT2D eigenvalue weighted by Crippen LogP contribution is 2.45. The van der Waals surface area contributed by atoms with E-state index in [2.05, 4.69) is 56.4 Å². The molecule has 1 fully saturated rings. The Hall–Kier alpha value is -4.28. The summed E-state index contributed by atoms with van der Waals surface area (Å²) in [5.74, 6) is 5.13. The van der Waals surface area contributed by atoms with Crippen LogP contribution in [0.4, 0.5) is 19.0 Å². The van der Waals surface area contributed by atoms with Gasteiger partial charge in [-0.25, -0.2) is 24.9 Å². The molecule has 0 bridgehead atoms. The number of halogens is 3. The van der Waals surface area contributed by atoms with E-state index in [4.69, 9.17) is 9.72 Å². The average Bonchev–Trinajstić information content (AvgIpc) is 3.74. The van der Waals surface area contributed by atoms with E-state index in [1.807, 2.05) is 19.9 Å². The van der Waals surface area contributed by atoms with Gasteiger partial charge in [0.15, 0.2) is 11.5 Å². The van der Waals surface area contributed by atoms with Gasteiger partial charge in [-0.2, -0.15) is 13.2 Å². The Morgan fingerprint density at radius 1 is 1.11 bits per heavy atom. The summed E-state index contributed by atoms with van der Waals surface area (Å²) in [6, 6.07) is 5.15. The fourth-order valence-electron chi connectivity index (χ4n) is 5.00. The van der Waals surface area contributed by atoms with E-state index in [1.54, 1.807) is 25.4 Å². The predicted octanol–water partition coefficient (Wildman–Crippen LogP) is 6.66. The molecule has 0 spiro atoms. The number of hydrogen-bond acceptors (Lipinski definition) is 8. The SMILES string of the molecule is COc1ncnc(C2CC2)c1-c1ncc(C#C[Si](C)(C)C)c(NCc2ccc(-c3nc(C(F)(F)F)cn3C(C)C)cc2CCO)n1. The molecule has 2 N–H and O–H groups in total. The minimum Gasteiger partial charge on any atom is -0.480 e. The number of nitrogens with one attached hydrogen (secondary N) is 1. The molecule has 5 rings (SSSR count). The number of rotatable bonds is 10. The molecule has 46 heavy (non-hydrogen) atoms. The summed E-state index contributed by atoms with van der Waals surface area (Å²) in [4.78, 5) is 22.3. The van der Waals surface area contributed by atoms with Crippen molar-refractivity contribution < 1.29 is 23.0 Å². The van der Waals surface area contributed by atoms with Gasteiger partial charge in [-0.05, 0) is 50.3 Å². The first-order valence-corrected chi connectivity index (χ1v) is 18.7. The molecule has 13 heteroatoms. The molecular weight excluding hydrogens is 611 g/mol. The van der Waals surface area contributed by atoms with Crippen molar-refractivity contribution in [1.82, 2.24) is 29.5 Å². The van der Waals surface area contributed by atoms with Crippen LogP contribution in [-0.2, 0) is 19.1 Å². The topological polar surface area (TPSA) is 111 Å². The number of anilines is 1. The second-order valence-electron chi connectivity index (χ2n) is 12.6. The van der Waals surface area contributed by atoms with Crippen molar-refractivity contribution in [2.24, 2.45) is 0 Å². The second-order valence-corrected chi connectivity index (χ2v) is 17.4. The fourth-order valence-corrected chi connectivity index (χ4v) is 5.51. The van der Waals surface area contributed by atoms with Gasteiger partial charge < -0.3 is 19.7 Å². The lowest BCUT2D eigenvalue weighted by Gasteiger charge is -2.16. The molecule has 0 aliphatic heterocycles. The zero-order chi connectivity index (χ0) is 33.2. The van der Waals surface area contributed by atoms with Gasteiger partial charge in [0.1, 0.15) is 31.6 Å². The van der Waals surface area contributed by atoms with Crippen LogP contribution in [0.15, 0.2) is 36.9 Å². The largest absolute Gasteiger partial charge is 0.480 e. The predicted molar refractivity (Wildman–Crippen MR) is 173 cm³/mol. The zero-order valence-electron chi connectivity index (χ0n) is 26.8. The standard InChI is InChI=1S/C33H38F3N7O2Si/c1-20(2)43-18-26(33(34,35)36)41-31(43)23-9-10-24(22(15-23)11-13-44)16-37-29-25(12-14-46(4,5)6)17-38-30(42-29)27-28(21-7-8-21)39-19-40-32(27)45-3/h9-10,15,17-21,44H,7-8,11,13,16H2,1-6H3,(H,37,38,42). The average molecular weight is 650 g/mol. The van der Waals surface area contributed by atoms with Crippen LogP contribution in [0, 0.1) is 11.5 Å². The lowest BCUT2D eigenvalue weighted by molar-refractivity contribution is -0.140. The van der Waals surface area contributed by atoms with Crippen molar-refractivity contribution in [1.29, 1.82) is 0 Å². The fraction of sp³-hybridized carbons (Fsp3) is 0.424. The first-order chi connectivity index (χ1) is 21.8. The highest BCUT2D eigenvalue weighted by Gasteiger charge is 2.35. The van der Waals surface area contributed by atoms with E-state index in [0.717, 1.165) is 35.9 Å². The molecule has 4 aromatic rings. The lowest BCUT2D eigenvalue weighted by Crippen LogP contribution is -2.16. The van der Waals surface area contributed by atoms with E-state index < -0.39 is 19.9 Å². The van der Waals surface area contributed by atoms with Crippen LogP contribution in [0.2, 0.25) is 19.6 Å². The molecule has 3 aromatic heterocycles. The van der Waals surface area contributed by atoms with Crippen molar-refractivity contribution in [3.8, 4) is 40.1 Å². The molecule has 0 saturated heterocycles. The highest BCUT2D eigenvalue weighted by molar-refractivity contribution is 6.83. The Labute approximate surface area is 267 Å². The number of alkyl halides is 3. The van der Waals surface area contributed by atoms with E-state index >= 15 is 0 Å². The Morgan fingerprint density at radius 2 is 1.87 bits per heavy atom. The number of ether oxygens (including phenoxy) is 1. The Morgan fingerprint density at radius 3 is 2.50 bits per heavy atom. The Kier molecular flexibility index (Phi) is 9.51. The lowest BCUT2D eigenvalue weighted by atomic mass is 10.0. The molecular formula is C33H38F3N7O2Si. The van der Waals surface area contributed by atoms with E-state index in [1.165, 1.54) is 10.9 Å². The molecule has 1 saturated carbocycles. The number of hydrogen-bond donors (Lipinski definition) is 2. The maximum atomic E-state index is 13.5. The van der Waals surface area contributed by atoms with Crippen LogP contribution in [0.3, 0.4) is 0 Å². The highest BCUT2D eigenvalue weighted by atomic mass is 28.3. The van der Waals surface area contributed by atoms with Crippen molar-refractivity contribution in [3.63, 3.8) is 0 Å². The van der Waals surface area contributed by atoms with Gasteiger partial charge in [0.2, 0.25) is 5.88 Å². The van der Waals surface area contributed by atoms with Crippen LogP contribution in [0.25, 0.3) is 22.8 Å². The smallest absolute Gasteiger partial charge is 0.434 e. The third-order valence-electron chi connectivity index (χ3n) is 7.45. The monoisotopic (exact) mass is 649 g/mol. The number of benzene rings is 1. The molecule has 0 unspecified atom stereocenters. The maximum Gasteiger partial charge on any atom is 0.434 e. The normalized spacial score (nSPS) is 13.5. The number of aliphatic hydroxyl groups excluding tert-OH is 1. The van der Waals surface area contributed by atoms with Gasteiger partial charge in [-0.15, -0.1) is 5.54 Å². The molecule has 1 aliphatic rings. The molecule has 0 radical (unpaired) electrons. The van der Waals surface area contributed by atoms with Crippen molar-refractivity contribution in [2.75, 3.05) is 19.0 Å². The third kappa shape index (κ3) is 7.56. The summed E-state index contributed by atoms with van der Waals surface area (Å²) in [6.45, 7) is 10.3. The molecule has 1 aliphatic carbocycles. The van der Waals surface area contributed by atoms with Crippen molar-refractivity contribution >= 4 is 13.9 Å². The van der Waals surface area contributed by atoms with E-state index in [0.29, 0.717) is 53.1 Å². The number of aromatic nitrogens is 6. The summed E-state index contributed by atoms with van der Waals surface area (Å²) in [5, 5.41) is 13.3. The molecule has 0 atom stereocenters. The second kappa shape index (κ2) is 13.2. The first kappa shape index (κ1) is 33.1. The van der Waals surface area contributed by atoms with Gasteiger partial charge in [0, 0.05) is 43.1 Å². The van der Waals surface area contributed by atoms with Gasteiger partial charge in [0.25, 0.3) is 0 Å². The van der Waals surface area contributed by atoms with E-state index in [9.17, 15) is 18.3 Å². The van der Waals surface area contributed by atoms with Crippen molar-refractivity contribution in [3.05, 3.63) is 65.0 Å². The van der Waals surface area contributed by atoms with E-state index in [-0.39, 0.29) is 18.5 Å². The minimum atomic E-state index is -4.56. The van der Waals surface area contributed by atoms with Crippen LogP contribution in [0.1, 0.15) is 66.7 Å². The zero-order valence-corrected chi connectivity index (χ0v) is 27.8. The van der Waals surface area contributed by atoms with Crippen LogP contribution < -0.4 is 10.1 Å². The summed E-state index contributed by atoms with van der Waals surface area (Å²) in [6.07, 6.45) is 2.02. The van der Waals surface area contributed by atoms with Crippen molar-refractivity contribution in [2.45, 2.75) is 77.4 Å². The van der Waals surface area contributed by atoms with Gasteiger partial charge in [0.05, 0.1) is 18.4 Å². The Balaban J connectivity index is 1.53. The summed E-state index contributed by atoms with van der Waals surface area (Å²) in [5.41, 5.74) is 6.74. The number of methoxy groups -OCH3 is 1. The van der Waals surface area contributed by atoms with Crippen LogP contribution in [-0.4, -0.2) is 56.4 Å². The molecule has 0 amide bonds. The Bertz CT molecular complexity index is 1780. The van der Waals surface area contributed by atoms with Gasteiger partial charge in [-0.1, -0.05) is 37.7 Å². The molecule has 242 valence electrons. The third-order valence-corrected chi connectivity index (χ3v) is 8.33. The van der Waals surface area contributed by atoms with Crippen LogP contribution >= 0.6 is 0 Å². The maximum absolute atomic E-state index is 13.5. The minimum absolute atomic E-state index is 0.134. The van der Waals surface area contributed by atoms with Gasteiger partial charge in [-0.3, -0.25) is 0 Å². The number of imidazole rings is 1. The quantitative estimate of drug-likeness (QED) is 0.145. The number of nitrogens with zero attached hydrogens (tertiary/aromatic N) is 6. The first-order valence-electron chi connectivity index (χ1n) is 15.2. The van der Waals surface area contributed by atoms with Gasteiger partial charge >= 0.3 is 6.18 Å². The molecule has 3 heterocycles. The number of aliphatic hydroxyl groups is 1. The molecule has 1 aromatic carbocycles. The summed E-state index contributed by atoms with van der Waals surface area (Å²) >= 11 is 0. The molecule has 9 nitrogen and oxygen atoms in total. The summed E-state index contributed by atoms with van der Waals surface area (Å²) in [7, 11) is -0.175. The van der Waals surface area contributed by atoms with Crippen LogP contribution in [0.5, 0.6) is 5.88 Å².